The molecule has 0 spiro atoms. The number of nitrogens with zero attached hydrogens (tertiary/aromatic N) is 2. The molecule has 1 rings (SSSR count). The maximum absolute atomic E-state index is 11.9. The van der Waals surface area contributed by atoms with Gasteiger partial charge in [-0.15, -0.1) is 0 Å². The lowest BCUT2D eigenvalue weighted by Crippen LogP contribution is -2.27. The number of hydrogen-bond acceptors (Lipinski definition) is 5. The number of halogens is 2. The van der Waals surface area contributed by atoms with E-state index in [4.69, 9.17) is 10.8 Å². The van der Waals surface area contributed by atoms with Crippen molar-refractivity contribution in [2.24, 2.45) is 0 Å². The molecule has 14 heavy (non-hydrogen) atoms. The maximum Gasteiger partial charge on any atom is 0.265 e. The lowest BCUT2D eigenvalue weighted by molar-refractivity contribution is 0.00381. The predicted molar refractivity (Wildman–Crippen MR) is 46.9 cm³/mol. The highest BCUT2D eigenvalue weighted by Crippen LogP contribution is 2.11. The van der Waals surface area contributed by atoms with Gasteiger partial charge in [-0.3, -0.25) is 0 Å². The van der Waals surface area contributed by atoms with Crippen LogP contribution < -0.4 is 11.1 Å². The van der Waals surface area contributed by atoms with Gasteiger partial charge in [0, 0.05) is 6.54 Å². The van der Waals surface area contributed by atoms with Crippen molar-refractivity contribution in [3.05, 3.63) is 12.5 Å². The van der Waals surface area contributed by atoms with Crippen molar-refractivity contribution in [2.45, 2.75) is 12.5 Å². The smallest absolute Gasteiger partial charge is 0.265 e. The molecule has 1 heterocycles. The van der Waals surface area contributed by atoms with Crippen LogP contribution in [0.4, 0.5) is 20.3 Å². The van der Waals surface area contributed by atoms with Crippen molar-refractivity contribution in [3.8, 4) is 0 Å². The second-order valence-corrected chi connectivity index (χ2v) is 2.61. The van der Waals surface area contributed by atoms with Gasteiger partial charge in [-0.25, -0.2) is 18.7 Å². The van der Waals surface area contributed by atoms with Crippen LogP contribution in [0.1, 0.15) is 0 Å². The molecule has 0 bridgehead atoms. The highest BCUT2D eigenvalue weighted by atomic mass is 19.3. The van der Waals surface area contributed by atoms with E-state index in [0.29, 0.717) is 0 Å². The van der Waals surface area contributed by atoms with Gasteiger partial charge in [0.2, 0.25) is 0 Å². The molecule has 0 saturated carbocycles. The van der Waals surface area contributed by atoms with Crippen LogP contribution in [0, 0.1) is 0 Å². The highest BCUT2D eigenvalue weighted by molar-refractivity contribution is 5.58. The number of nitrogens with two attached hydrogens (primary N) is 1. The van der Waals surface area contributed by atoms with Gasteiger partial charge in [0.25, 0.3) is 6.43 Å². The van der Waals surface area contributed by atoms with E-state index in [-0.39, 0.29) is 18.1 Å². The first-order valence-corrected chi connectivity index (χ1v) is 3.87. The molecule has 7 heteroatoms. The lowest BCUT2D eigenvalue weighted by Gasteiger charge is -2.11. The third-order valence-corrected chi connectivity index (χ3v) is 1.51. The Kier molecular flexibility index (Phi) is 3.52. The molecule has 0 aliphatic carbocycles. The van der Waals surface area contributed by atoms with E-state index in [2.05, 4.69) is 15.3 Å². The number of rotatable bonds is 4. The Hall–Kier alpha value is -1.50. The van der Waals surface area contributed by atoms with Crippen LogP contribution >= 0.6 is 0 Å². The molecule has 0 saturated heterocycles. The normalized spacial score (nSPS) is 12.9. The number of nitrogens with one attached hydrogen (secondary N) is 1. The number of hydrogen-bond donors (Lipinski definition) is 3. The highest BCUT2D eigenvalue weighted by Gasteiger charge is 2.16. The zero-order valence-electron chi connectivity index (χ0n) is 7.19. The molecule has 0 amide bonds. The van der Waals surface area contributed by atoms with E-state index >= 15 is 0 Å². The number of nitrogen functional groups attached to an aromatic ring is 1. The summed E-state index contributed by atoms with van der Waals surface area (Å²) in [5.74, 6) is 0.236. The van der Waals surface area contributed by atoms with E-state index in [1.807, 2.05) is 0 Å². The van der Waals surface area contributed by atoms with E-state index in [1.54, 1.807) is 0 Å². The number of anilines is 2. The van der Waals surface area contributed by atoms with Gasteiger partial charge in [0.15, 0.2) is 5.82 Å². The molecule has 0 aliphatic heterocycles. The van der Waals surface area contributed by atoms with Crippen LogP contribution in [-0.4, -0.2) is 34.1 Å². The fourth-order valence-corrected chi connectivity index (χ4v) is 0.778. The topological polar surface area (TPSA) is 84.1 Å². The minimum absolute atomic E-state index is 0.236. The fraction of sp³-hybridized carbons (Fsp3) is 0.429. The van der Waals surface area contributed by atoms with Gasteiger partial charge in [-0.1, -0.05) is 0 Å². The van der Waals surface area contributed by atoms with Crippen molar-refractivity contribution in [1.29, 1.82) is 0 Å². The Morgan fingerprint density at radius 1 is 1.57 bits per heavy atom. The van der Waals surface area contributed by atoms with E-state index in [0.717, 1.165) is 0 Å². The van der Waals surface area contributed by atoms with Gasteiger partial charge >= 0.3 is 0 Å². The minimum Gasteiger partial charge on any atom is -0.394 e. The SMILES string of the molecule is Nc1cncnc1NCC(O)C(F)F. The molecular formula is C7H10F2N4O. The van der Waals surface area contributed by atoms with Gasteiger partial charge in [-0.2, -0.15) is 0 Å². The van der Waals surface area contributed by atoms with Crippen molar-refractivity contribution in [1.82, 2.24) is 9.97 Å². The molecule has 1 unspecified atom stereocenters. The monoisotopic (exact) mass is 204 g/mol. The molecule has 0 aliphatic rings. The molecule has 0 radical (unpaired) electrons. The van der Waals surface area contributed by atoms with Crippen LogP contribution in [0.25, 0.3) is 0 Å². The summed E-state index contributed by atoms with van der Waals surface area (Å²) in [6.45, 7) is -0.307. The van der Waals surface area contributed by atoms with Crippen LogP contribution in [0.3, 0.4) is 0 Å². The number of alkyl halides is 2. The summed E-state index contributed by atoms with van der Waals surface area (Å²) in [5, 5.41) is 11.3. The largest absolute Gasteiger partial charge is 0.394 e. The van der Waals surface area contributed by atoms with Crippen LogP contribution in [-0.2, 0) is 0 Å². The van der Waals surface area contributed by atoms with Crippen LogP contribution in [0.5, 0.6) is 0 Å². The molecule has 1 aromatic heterocycles. The summed E-state index contributed by atoms with van der Waals surface area (Å²) in [6, 6.07) is 0. The fourth-order valence-electron chi connectivity index (χ4n) is 0.778. The standard InChI is InChI=1S/C7H10F2N4O/c8-6(9)5(14)2-12-7-4(10)1-11-3-13-7/h1,3,5-6,14H,2,10H2,(H,11,12,13). The Morgan fingerprint density at radius 3 is 2.86 bits per heavy atom. The number of aliphatic hydroxyl groups is 1. The zero-order chi connectivity index (χ0) is 10.6. The molecular weight excluding hydrogens is 194 g/mol. The number of aromatic nitrogens is 2. The zero-order valence-corrected chi connectivity index (χ0v) is 7.19. The Balaban J connectivity index is 2.50. The molecule has 5 nitrogen and oxygen atoms in total. The minimum atomic E-state index is -2.79. The second-order valence-electron chi connectivity index (χ2n) is 2.61. The molecule has 0 aromatic carbocycles. The quantitative estimate of drug-likeness (QED) is 0.647. The Morgan fingerprint density at radius 2 is 2.29 bits per heavy atom. The predicted octanol–water partition coefficient (Wildman–Crippen LogP) is 0.0967. The van der Waals surface area contributed by atoms with Gasteiger partial charge in [-0.05, 0) is 0 Å². The molecule has 1 atom stereocenters. The van der Waals surface area contributed by atoms with Crippen LogP contribution in [0.2, 0.25) is 0 Å². The lowest BCUT2D eigenvalue weighted by atomic mass is 10.3. The average molecular weight is 204 g/mol. The van der Waals surface area contributed by atoms with Crippen molar-refractivity contribution in [2.75, 3.05) is 17.6 Å². The summed E-state index contributed by atoms with van der Waals surface area (Å²) in [5.41, 5.74) is 5.67. The summed E-state index contributed by atoms with van der Waals surface area (Å²) in [6.07, 6.45) is -1.95. The maximum atomic E-state index is 11.9. The molecule has 1 aromatic rings. The average Bonchev–Trinajstić information content (AvgIpc) is 2.16. The first-order chi connectivity index (χ1) is 6.61. The summed E-state index contributed by atoms with van der Waals surface area (Å²) >= 11 is 0. The van der Waals surface area contributed by atoms with Crippen molar-refractivity contribution in [3.63, 3.8) is 0 Å². The van der Waals surface area contributed by atoms with Gasteiger partial charge in [0.05, 0.1) is 11.9 Å². The molecule has 0 fully saturated rings. The van der Waals surface area contributed by atoms with Crippen molar-refractivity contribution < 1.29 is 13.9 Å². The first-order valence-electron chi connectivity index (χ1n) is 3.87. The van der Waals surface area contributed by atoms with Crippen molar-refractivity contribution >= 4 is 11.5 Å². The second kappa shape index (κ2) is 4.66. The third kappa shape index (κ3) is 2.77. The summed E-state index contributed by atoms with van der Waals surface area (Å²) in [4.78, 5) is 7.33. The Labute approximate surface area is 79.0 Å². The molecule has 4 N–H and O–H groups in total. The molecule has 78 valence electrons. The first kappa shape index (κ1) is 10.6. The number of aliphatic hydroxyl groups excluding tert-OH is 1. The summed E-state index contributed by atoms with van der Waals surface area (Å²) in [7, 11) is 0. The Bertz CT molecular complexity index is 297. The summed E-state index contributed by atoms with van der Waals surface area (Å²) < 4.78 is 23.8. The third-order valence-electron chi connectivity index (χ3n) is 1.51. The van der Waals surface area contributed by atoms with E-state index < -0.39 is 12.5 Å². The van der Waals surface area contributed by atoms with Gasteiger partial charge in [0.1, 0.15) is 12.4 Å². The van der Waals surface area contributed by atoms with Crippen LogP contribution in [0.15, 0.2) is 12.5 Å². The van der Waals surface area contributed by atoms with E-state index in [9.17, 15) is 8.78 Å². The van der Waals surface area contributed by atoms with Gasteiger partial charge < -0.3 is 16.2 Å². The van der Waals surface area contributed by atoms with E-state index in [1.165, 1.54) is 12.5 Å².